The van der Waals surface area contributed by atoms with Crippen LogP contribution in [0.5, 0.6) is 5.75 Å². The molecule has 3 heterocycles. The van der Waals surface area contributed by atoms with Crippen molar-refractivity contribution in [3.8, 4) is 5.75 Å². The lowest BCUT2D eigenvalue weighted by molar-refractivity contribution is -0.274. The van der Waals surface area contributed by atoms with Gasteiger partial charge in [0.2, 0.25) is 5.91 Å². The summed E-state index contributed by atoms with van der Waals surface area (Å²) >= 11 is 0. The first-order valence-corrected chi connectivity index (χ1v) is 9.09. The quantitative estimate of drug-likeness (QED) is 0.822. The van der Waals surface area contributed by atoms with E-state index >= 15 is 0 Å². The topological polar surface area (TPSA) is 71.1 Å². The smallest absolute Gasteiger partial charge is 0.406 e. The molecule has 0 unspecified atom stereocenters. The van der Waals surface area contributed by atoms with Crippen LogP contribution in [-0.2, 0) is 9.53 Å². The number of likely N-dealkylation sites (tertiary alicyclic amines) is 2. The van der Waals surface area contributed by atoms with Gasteiger partial charge in [-0.05, 0) is 24.1 Å². The van der Waals surface area contributed by atoms with Crippen LogP contribution >= 0.6 is 0 Å². The number of carbonyl (C=O) groups excluding carboxylic acids is 2. The molecule has 0 saturated carbocycles. The third-order valence-electron chi connectivity index (χ3n) is 5.33. The van der Waals surface area contributed by atoms with Crippen molar-refractivity contribution < 1.29 is 32.2 Å². The lowest BCUT2D eigenvalue weighted by Gasteiger charge is -2.46. The monoisotopic (exact) mass is 399 g/mol. The van der Waals surface area contributed by atoms with Gasteiger partial charge < -0.3 is 24.6 Å². The van der Waals surface area contributed by atoms with Gasteiger partial charge in [0.15, 0.2) is 0 Å². The summed E-state index contributed by atoms with van der Waals surface area (Å²) in [5, 5.41) is 2.87. The number of urea groups is 1. The van der Waals surface area contributed by atoms with E-state index in [1.807, 2.05) is 0 Å². The first-order chi connectivity index (χ1) is 13.3. The second-order valence-electron chi connectivity index (χ2n) is 7.26. The van der Waals surface area contributed by atoms with Crippen molar-refractivity contribution in [3.63, 3.8) is 0 Å². The summed E-state index contributed by atoms with van der Waals surface area (Å²) in [4.78, 5) is 27.6. The van der Waals surface area contributed by atoms with Crippen LogP contribution in [0.15, 0.2) is 24.3 Å². The molecule has 4 rings (SSSR count). The van der Waals surface area contributed by atoms with E-state index in [1.165, 1.54) is 12.1 Å². The Labute approximate surface area is 159 Å². The summed E-state index contributed by atoms with van der Waals surface area (Å²) < 4.78 is 46.0. The van der Waals surface area contributed by atoms with Crippen molar-refractivity contribution >= 4 is 11.9 Å². The Hall–Kier alpha value is -2.49. The Bertz CT molecular complexity index is 749. The van der Waals surface area contributed by atoms with Crippen molar-refractivity contribution in [3.05, 3.63) is 29.8 Å². The second-order valence-corrected chi connectivity index (χ2v) is 7.26. The average Bonchev–Trinajstić information content (AvgIpc) is 2.60. The Morgan fingerprint density at radius 1 is 1.14 bits per heavy atom. The highest BCUT2D eigenvalue weighted by Crippen LogP contribution is 2.31. The standard InChI is InChI=1S/C18H20F3N3O4/c19-18(20,21)28-13-3-1-11(2-4-13)12-7-24(8-12)17(26)23-6-5-15-14(9-23)22-16(25)10-27-15/h1-4,12,14-15H,5-10H2,(H,22,25)/t14-,15+/m1/s1. The molecule has 3 saturated heterocycles. The largest absolute Gasteiger partial charge is 0.573 e. The van der Waals surface area contributed by atoms with E-state index in [9.17, 15) is 22.8 Å². The minimum absolute atomic E-state index is 0.0525. The van der Waals surface area contributed by atoms with E-state index < -0.39 is 6.36 Å². The van der Waals surface area contributed by atoms with Crippen LogP contribution < -0.4 is 10.1 Å². The number of alkyl halides is 3. The summed E-state index contributed by atoms with van der Waals surface area (Å²) in [5.41, 5.74) is 0.866. The normalized spacial score (nSPS) is 25.6. The molecule has 3 aliphatic rings. The SMILES string of the molecule is O=C1CO[C@H]2CCN(C(=O)N3CC(c4ccc(OC(F)(F)F)cc4)C3)C[C@H]2N1. The van der Waals surface area contributed by atoms with Crippen molar-refractivity contribution in [2.24, 2.45) is 0 Å². The zero-order valence-corrected chi connectivity index (χ0v) is 14.9. The molecular weight excluding hydrogens is 379 g/mol. The van der Waals surface area contributed by atoms with Crippen molar-refractivity contribution in [1.29, 1.82) is 0 Å². The maximum absolute atomic E-state index is 12.7. The van der Waals surface area contributed by atoms with Gasteiger partial charge in [0.25, 0.3) is 0 Å². The molecule has 3 aliphatic heterocycles. The molecule has 0 aromatic heterocycles. The number of morpholine rings is 1. The molecule has 28 heavy (non-hydrogen) atoms. The maximum atomic E-state index is 12.7. The molecule has 0 bridgehead atoms. The molecule has 10 heteroatoms. The fourth-order valence-electron chi connectivity index (χ4n) is 3.86. The predicted octanol–water partition coefficient (Wildman–Crippen LogP) is 1.69. The molecule has 1 N–H and O–H groups in total. The molecule has 1 aromatic carbocycles. The third-order valence-corrected chi connectivity index (χ3v) is 5.33. The average molecular weight is 399 g/mol. The highest BCUT2D eigenvalue weighted by molar-refractivity contribution is 5.79. The maximum Gasteiger partial charge on any atom is 0.573 e. The molecular formula is C18H20F3N3O4. The van der Waals surface area contributed by atoms with Crippen LogP contribution in [0.2, 0.25) is 0 Å². The van der Waals surface area contributed by atoms with Crippen LogP contribution in [0.4, 0.5) is 18.0 Å². The van der Waals surface area contributed by atoms with Crippen LogP contribution in [0.1, 0.15) is 17.9 Å². The van der Waals surface area contributed by atoms with E-state index in [0.29, 0.717) is 32.6 Å². The summed E-state index contributed by atoms with van der Waals surface area (Å²) in [6.07, 6.45) is -4.09. The molecule has 0 radical (unpaired) electrons. The number of fused-ring (bicyclic) bond motifs is 1. The number of nitrogens with zero attached hydrogens (tertiary/aromatic N) is 2. The zero-order valence-electron chi connectivity index (χ0n) is 14.9. The van der Waals surface area contributed by atoms with E-state index in [-0.39, 0.29) is 42.4 Å². The van der Waals surface area contributed by atoms with Gasteiger partial charge in [0, 0.05) is 32.1 Å². The van der Waals surface area contributed by atoms with Gasteiger partial charge in [-0.1, -0.05) is 12.1 Å². The van der Waals surface area contributed by atoms with Gasteiger partial charge in [-0.2, -0.15) is 0 Å². The Balaban J connectivity index is 1.29. The van der Waals surface area contributed by atoms with Crippen LogP contribution in [-0.4, -0.2) is 73.0 Å². The lowest BCUT2D eigenvalue weighted by Crippen LogP contribution is -2.63. The number of benzene rings is 1. The van der Waals surface area contributed by atoms with Crippen molar-refractivity contribution in [1.82, 2.24) is 15.1 Å². The number of halogens is 3. The predicted molar refractivity (Wildman–Crippen MR) is 90.7 cm³/mol. The van der Waals surface area contributed by atoms with Gasteiger partial charge in [0.05, 0.1) is 12.1 Å². The van der Waals surface area contributed by atoms with E-state index in [0.717, 1.165) is 5.56 Å². The fourth-order valence-corrected chi connectivity index (χ4v) is 3.86. The highest BCUT2D eigenvalue weighted by Gasteiger charge is 2.40. The van der Waals surface area contributed by atoms with Gasteiger partial charge >= 0.3 is 12.4 Å². The number of nitrogens with one attached hydrogen (secondary N) is 1. The van der Waals surface area contributed by atoms with Crippen LogP contribution in [0.3, 0.4) is 0 Å². The van der Waals surface area contributed by atoms with Gasteiger partial charge in [-0.25, -0.2) is 4.79 Å². The Kier molecular flexibility index (Phi) is 4.82. The first-order valence-electron chi connectivity index (χ1n) is 9.09. The number of ether oxygens (including phenoxy) is 2. The zero-order chi connectivity index (χ0) is 19.9. The number of hydrogen-bond acceptors (Lipinski definition) is 4. The number of rotatable bonds is 2. The molecule has 7 nitrogen and oxygen atoms in total. The number of amides is 3. The summed E-state index contributed by atoms with van der Waals surface area (Å²) in [6.45, 7) is 2.06. The Morgan fingerprint density at radius 2 is 1.86 bits per heavy atom. The molecule has 0 spiro atoms. The van der Waals surface area contributed by atoms with E-state index in [1.54, 1.807) is 21.9 Å². The minimum Gasteiger partial charge on any atom is -0.406 e. The fraction of sp³-hybridized carbons (Fsp3) is 0.556. The Morgan fingerprint density at radius 3 is 2.54 bits per heavy atom. The van der Waals surface area contributed by atoms with Crippen molar-refractivity contribution in [2.45, 2.75) is 30.8 Å². The van der Waals surface area contributed by atoms with Gasteiger partial charge in [-0.15, -0.1) is 13.2 Å². The van der Waals surface area contributed by atoms with Gasteiger partial charge in [-0.3, -0.25) is 4.79 Å². The molecule has 3 fully saturated rings. The highest BCUT2D eigenvalue weighted by atomic mass is 19.4. The third kappa shape index (κ3) is 4.01. The molecule has 1 aromatic rings. The molecule has 0 aliphatic carbocycles. The van der Waals surface area contributed by atoms with E-state index in [2.05, 4.69) is 10.1 Å². The van der Waals surface area contributed by atoms with Crippen LogP contribution in [0.25, 0.3) is 0 Å². The van der Waals surface area contributed by atoms with Crippen LogP contribution in [0, 0.1) is 0 Å². The summed E-state index contributed by atoms with van der Waals surface area (Å²) in [6, 6.07) is 5.47. The minimum atomic E-state index is -4.71. The van der Waals surface area contributed by atoms with Crippen molar-refractivity contribution in [2.75, 3.05) is 32.8 Å². The van der Waals surface area contributed by atoms with Gasteiger partial charge in [0.1, 0.15) is 12.4 Å². The lowest BCUT2D eigenvalue weighted by atomic mass is 9.91. The first kappa shape index (κ1) is 18.9. The molecule has 152 valence electrons. The van der Waals surface area contributed by atoms with E-state index in [4.69, 9.17) is 4.74 Å². The number of carbonyl (C=O) groups is 2. The molecule has 3 amide bonds. The number of piperidine rings is 1. The second kappa shape index (κ2) is 7.16. The summed E-state index contributed by atoms with van der Waals surface area (Å²) in [7, 11) is 0. The number of hydrogen-bond donors (Lipinski definition) is 1. The summed E-state index contributed by atoms with van der Waals surface area (Å²) in [5.74, 6) is -0.347. The molecule has 2 atom stereocenters.